The smallest absolute Gasteiger partial charge is 0.249 e. The van der Waals surface area contributed by atoms with Gasteiger partial charge in [-0.05, 0) is 38.5 Å². The molecule has 1 amide bonds. The van der Waals surface area contributed by atoms with Crippen LogP contribution in [0.5, 0.6) is 0 Å². The van der Waals surface area contributed by atoms with E-state index >= 15 is 0 Å². The molecule has 1 aliphatic heterocycles. The highest BCUT2D eigenvalue weighted by Gasteiger charge is 2.44. The van der Waals surface area contributed by atoms with Crippen LogP contribution in [-0.4, -0.2) is 110 Å². The van der Waals surface area contributed by atoms with Crippen LogP contribution in [0.15, 0.2) is 12.2 Å². The van der Waals surface area contributed by atoms with Crippen LogP contribution in [0.3, 0.4) is 0 Å². The van der Waals surface area contributed by atoms with Gasteiger partial charge in [-0.2, -0.15) is 0 Å². The summed E-state index contributed by atoms with van der Waals surface area (Å²) in [7, 11) is 0. The summed E-state index contributed by atoms with van der Waals surface area (Å²) in [6.07, 6.45) is 77.8. The minimum absolute atomic E-state index is 0.260. The number of unbranched alkanes of at least 4 members (excludes halogenated alkanes) is 60. The van der Waals surface area contributed by atoms with Crippen LogP contribution in [-0.2, 0) is 14.3 Å². The number of nitrogens with one attached hydrogen (secondary N) is 1. The Kier molecular flexibility index (Phi) is 67.4. The van der Waals surface area contributed by atoms with E-state index in [1.54, 1.807) is 0 Å². The Morgan fingerprint density at radius 2 is 0.641 bits per heavy atom. The van der Waals surface area contributed by atoms with Crippen molar-refractivity contribution in [2.75, 3.05) is 13.2 Å². The molecule has 8 N–H and O–H groups in total. The van der Waals surface area contributed by atoms with Gasteiger partial charge in [0.25, 0.3) is 0 Å². The summed E-state index contributed by atoms with van der Waals surface area (Å²) in [5.41, 5.74) is 0. The normalized spacial score (nSPS) is 18.3. The number of aliphatic hydroxyl groups excluding tert-OH is 7. The number of aliphatic hydroxyl groups is 7. The maximum absolute atomic E-state index is 13.3. The zero-order valence-corrected chi connectivity index (χ0v) is 61.1. The van der Waals surface area contributed by atoms with Gasteiger partial charge in [0.05, 0.1) is 25.4 Å². The van der Waals surface area contributed by atoms with Gasteiger partial charge >= 0.3 is 0 Å². The Bertz CT molecular complexity index is 1500. The Hall–Kier alpha value is -1.15. The summed E-state index contributed by atoms with van der Waals surface area (Å²) in [6, 6.07) is -1.18. The maximum atomic E-state index is 13.3. The van der Waals surface area contributed by atoms with Gasteiger partial charge in [0.1, 0.15) is 36.6 Å². The minimum Gasteiger partial charge on any atom is -0.394 e. The first-order valence-electron chi connectivity index (χ1n) is 41.1. The second-order valence-electron chi connectivity index (χ2n) is 29.2. The van der Waals surface area contributed by atoms with Gasteiger partial charge in [0.2, 0.25) is 5.91 Å². The van der Waals surface area contributed by atoms with Crippen molar-refractivity contribution in [2.45, 2.75) is 486 Å². The Morgan fingerprint density at radius 3 is 0.935 bits per heavy atom. The number of carbonyl (C=O) groups is 1. The molecular weight excluding hydrogens is 1150 g/mol. The van der Waals surface area contributed by atoms with Crippen LogP contribution in [0.1, 0.15) is 431 Å². The van der Waals surface area contributed by atoms with E-state index in [2.05, 4.69) is 31.3 Å². The highest BCUT2D eigenvalue weighted by atomic mass is 16.7. The van der Waals surface area contributed by atoms with Gasteiger partial charge in [0, 0.05) is 0 Å². The van der Waals surface area contributed by atoms with Crippen LogP contribution in [0, 0.1) is 0 Å². The molecule has 1 aliphatic rings. The zero-order chi connectivity index (χ0) is 66.7. The molecule has 1 saturated heterocycles. The first-order valence-corrected chi connectivity index (χ1v) is 41.1. The summed E-state index contributed by atoms with van der Waals surface area (Å²) >= 11 is 0. The summed E-state index contributed by atoms with van der Waals surface area (Å²) in [5, 5.41) is 76.7. The molecule has 9 unspecified atom stereocenters. The van der Waals surface area contributed by atoms with Gasteiger partial charge in [-0.3, -0.25) is 4.79 Å². The fraction of sp³-hybridized carbons (Fsp3) is 0.963. The van der Waals surface area contributed by atoms with Gasteiger partial charge in [0.15, 0.2) is 6.29 Å². The molecule has 0 aromatic heterocycles. The lowest BCUT2D eigenvalue weighted by Crippen LogP contribution is -2.60. The van der Waals surface area contributed by atoms with E-state index < -0.39 is 74.2 Å². The van der Waals surface area contributed by atoms with Crippen molar-refractivity contribution in [3.05, 3.63) is 12.2 Å². The zero-order valence-electron chi connectivity index (χ0n) is 61.1. The van der Waals surface area contributed by atoms with E-state index in [1.165, 1.54) is 360 Å². The van der Waals surface area contributed by atoms with Crippen molar-refractivity contribution < 1.29 is 50.0 Å². The lowest BCUT2D eigenvalue weighted by Gasteiger charge is -2.40. The van der Waals surface area contributed by atoms with Crippen molar-refractivity contribution in [3.63, 3.8) is 0 Å². The first kappa shape index (κ1) is 88.9. The van der Waals surface area contributed by atoms with Crippen LogP contribution >= 0.6 is 0 Å². The number of hydrogen-bond acceptors (Lipinski definition) is 10. The van der Waals surface area contributed by atoms with Crippen molar-refractivity contribution >= 4 is 5.91 Å². The monoisotopic (exact) mass is 1310 g/mol. The maximum Gasteiger partial charge on any atom is 0.249 e. The first-order chi connectivity index (χ1) is 45.2. The minimum atomic E-state index is -1.67. The third-order valence-electron chi connectivity index (χ3n) is 20.3. The van der Waals surface area contributed by atoms with Gasteiger partial charge in [-0.1, -0.05) is 405 Å². The number of carbonyl (C=O) groups excluding carboxylic acids is 1. The van der Waals surface area contributed by atoms with E-state index in [4.69, 9.17) is 9.47 Å². The van der Waals surface area contributed by atoms with Crippen LogP contribution in [0.2, 0.25) is 0 Å². The van der Waals surface area contributed by atoms with E-state index in [1.807, 2.05) is 0 Å². The molecule has 0 saturated carbocycles. The number of allylic oxidation sites excluding steroid dienone is 2. The molecular formula is C81H159NO10. The molecule has 0 aliphatic carbocycles. The molecule has 0 bridgehead atoms. The number of amides is 1. The average molecular weight is 1310 g/mol. The van der Waals surface area contributed by atoms with Gasteiger partial charge in [-0.25, -0.2) is 0 Å². The topological polar surface area (TPSA) is 189 Å². The summed E-state index contributed by atoms with van der Waals surface area (Å²) in [4.78, 5) is 13.3. The van der Waals surface area contributed by atoms with E-state index in [0.29, 0.717) is 12.8 Å². The lowest BCUT2D eigenvalue weighted by atomic mass is 9.98. The molecule has 1 rings (SSSR count). The summed E-state index contributed by atoms with van der Waals surface area (Å²) < 4.78 is 11.2. The summed E-state index contributed by atoms with van der Waals surface area (Å²) in [5.74, 6) is -0.696. The predicted molar refractivity (Wildman–Crippen MR) is 390 cm³/mol. The second kappa shape index (κ2) is 69.7. The Balaban J connectivity index is 2.10. The molecule has 1 fully saturated rings. The van der Waals surface area contributed by atoms with Crippen molar-refractivity contribution in [2.24, 2.45) is 0 Å². The Morgan fingerprint density at radius 1 is 0.370 bits per heavy atom. The molecule has 0 aromatic rings. The van der Waals surface area contributed by atoms with Gasteiger partial charge in [-0.15, -0.1) is 0 Å². The quantitative estimate of drug-likeness (QED) is 0.0215. The highest BCUT2D eigenvalue weighted by Crippen LogP contribution is 2.25. The van der Waals surface area contributed by atoms with Crippen LogP contribution in [0.4, 0.5) is 0 Å². The molecule has 0 spiro atoms. The molecule has 1 heterocycles. The molecule has 9 atom stereocenters. The molecule has 92 heavy (non-hydrogen) atoms. The molecule has 0 radical (unpaired) electrons. The van der Waals surface area contributed by atoms with Crippen molar-refractivity contribution in [3.8, 4) is 0 Å². The highest BCUT2D eigenvalue weighted by molar-refractivity contribution is 5.80. The predicted octanol–water partition coefficient (Wildman–Crippen LogP) is 21.3. The number of ether oxygens (including phenoxy) is 2. The van der Waals surface area contributed by atoms with Gasteiger partial charge < -0.3 is 50.5 Å². The number of rotatable bonds is 74. The number of hydrogen-bond donors (Lipinski definition) is 8. The fourth-order valence-corrected chi connectivity index (χ4v) is 13.8. The van der Waals surface area contributed by atoms with E-state index in [-0.39, 0.29) is 12.8 Å². The SMILES string of the molecule is CCCCCCCCCCCCCCCCCCCCCCCC/C=C/CCCC(O)C(O)C(COC1OC(CO)C(O)C(O)C1O)NC(=O)C(O)CCCCCCCCCCCCCCCCCCCCCCCCCCCCCCCCCCCCCCCC. The summed E-state index contributed by atoms with van der Waals surface area (Å²) in [6.45, 7) is 3.52. The van der Waals surface area contributed by atoms with E-state index in [9.17, 15) is 40.5 Å². The fourth-order valence-electron chi connectivity index (χ4n) is 13.8. The molecule has 11 nitrogen and oxygen atoms in total. The Labute approximate surface area is 570 Å². The van der Waals surface area contributed by atoms with E-state index in [0.717, 1.165) is 32.1 Å². The molecule has 548 valence electrons. The molecule has 11 heteroatoms. The lowest BCUT2D eigenvalue weighted by molar-refractivity contribution is -0.303. The largest absolute Gasteiger partial charge is 0.394 e. The standard InChI is InChI=1S/C81H159NO10/c1-3-5-7-9-11-13-15-17-19-21-23-25-27-29-31-32-33-34-35-36-37-38-39-40-41-43-45-47-49-51-53-55-57-59-61-63-65-67-69-74(85)80(90)82-72(71-91-81-79(89)78(88)77(87)75(70-83)92-81)76(86)73(84)68-66-64-62-60-58-56-54-52-50-48-46-44-42-30-28-26-24-22-20-18-16-14-12-10-8-6-4-2/h60,62,72-79,81,83-89H,3-59,61,63-71H2,1-2H3,(H,82,90)/b62-60+. The van der Waals surface area contributed by atoms with Crippen molar-refractivity contribution in [1.82, 2.24) is 5.32 Å². The van der Waals surface area contributed by atoms with Crippen LogP contribution < -0.4 is 5.32 Å². The average Bonchev–Trinajstić information content (AvgIpc) is 0.975. The van der Waals surface area contributed by atoms with Crippen molar-refractivity contribution in [1.29, 1.82) is 0 Å². The van der Waals surface area contributed by atoms with Crippen LogP contribution in [0.25, 0.3) is 0 Å². The third-order valence-corrected chi connectivity index (χ3v) is 20.3. The second-order valence-corrected chi connectivity index (χ2v) is 29.2. The third kappa shape index (κ3) is 55.8. The molecule has 0 aromatic carbocycles.